The molecule has 1 atom stereocenters. The summed E-state index contributed by atoms with van der Waals surface area (Å²) in [6, 6.07) is 8.73. The van der Waals surface area contributed by atoms with E-state index in [9.17, 15) is 0 Å². The minimum atomic E-state index is 0. The first-order valence-electron chi connectivity index (χ1n) is 14.0. The lowest BCUT2D eigenvalue weighted by Gasteiger charge is -2.38. The largest absolute Gasteiger partial charge is 0.354 e. The van der Waals surface area contributed by atoms with Crippen molar-refractivity contribution >= 4 is 16.7 Å². The van der Waals surface area contributed by atoms with Gasteiger partial charge in [-0.15, -0.1) is 0 Å². The Balaban J connectivity index is 0.00000165. The van der Waals surface area contributed by atoms with E-state index in [0.717, 1.165) is 71.2 Å². The van der Waals surface area contributed by atoms with Crippen LogP contribution in [0.25, 0.3) is 10.9 Å². The van der Waals surface area contributed by atoms with Crippen LogP contribution in [0.1, 0.15) is 40.2 Å². The third-order valence-corrected chi connectivity index (χ3v) is 6.96. The topological polar surface area (TPSA) is 51.1 Å². The molecule has 38 heavy (non-hydrogen) atoms. The van der Waals surface area contributed by atoms with Crippen LogP contribution < -0.4 is 10.6 Å². The minimum absolute atomic E-state index is 0. The minimum Gasteiger partial charge on any atom is -0.354 e. The SMILES string of the molecule is C.C/C=C\C=C1/CNC(CN2CCN(Cc3cn(C)c4ccccc34)CC2)NC1=NCCCN(C)C.CC. The monoisotopic (exact) mass is 523 g/mol. The quantitative estimate of drug-likeness (QED) is 0.479. The van der Waals surface area contributed by atoms with Crippen molar-refractivity contribution < 1.29 is 0 Å². The van der Waals surface area contributed by atoms with Crippen LogP contribution in [-0.4, -0.2) is 97.7 Å². The molecule has 2 aliphatic rings. The Hall–Kier alpha value is -2.45. The fraction of sp³-hybridized carbons (Fsp3) is 0.581. The van der Waals surface area contributed by atoms with Gasteiger partial charge < -0.3 is 14.8 Å². The molecule has 0 aliphatic carbocycles. The van der Waals surface area contributed by atoms with Gasteiger partial charge in [0.15, 0.2) is 0 Å². The number of hydrogen-bond acceptors (Lipinski definition) is 5. The Morgan fingerprint density at radius 1 is 1.08 bits per heavy atom. The van der Waals surface area contributed by atoms with E-state index >= 15 is 0 Å². The van der Waals surface area contributed by atoms with Crippen molar-refractivity contribution in [2.45, 2.75) is 47.3 Å². The van der Waals surface area contributed by atoms with E-state index in [-0.39, 0.29) is 13.6 Å². The number of amidine groups is 1. The smallest absolute Gasteiger partial charge is 0.126 e. The average Bonchev–Trinajstić information content (AvgIpc) is 3.23. The van der Waals surface area contributed by atoms with Gasteiger partial charge in [-0.1, -0.05) is 57.7 Å². The van der Waals surface area contributed by atoms with Gasteiger partial charge in [0.2, 0.25) is 0 Å². The van der Waals surface area contributed by atoms with Crippen LogP contribution in [0.3, 0.4) is 0 Å². The highest BCUT2D eigenvalue weighted by Crippen LogP contribution is 2.22. The predicted molar refractivity (Wildman–Crippen MR) is 166 cm³/mol. The van der Waals surface area contributed by atoms with Crippen LogP contribution in [0.5, 0.6) is 0 Å². The van der Waals surface area contributed by atoms with Crippen molar-refractivity contribution in [1.82, 2.24) is 29.9 Å². The van der Waals surface area contributed by atoms with Crippen molar-refractivity contribution in [1.29, 1.82) is 0 Å². The number of nitrogens with one attached hydrogen (secondary N) is 2. The van der Waals surface area contributed by atoms with E-state index in [2.05, 4.69) is 107 Å². The molecule has 2 aliphatic heterocycles. The Kier molecular flexibility index (Phi) is 13.8. The number of aryl methyl sites for hydroxylation is 1. The molecule has 2 fully saturated rings. The van der Waals surface area contributed by atoms with Gasteiger partial charge in [-0.3, -0.25) is 20.1 Å². The van der Waals surface area contributed by atoms with Crippen molar-refractivity contribution in [3.8, 4) is 0 Å². The van der Waals surface area contributed by atoms with Crippen molar-refractivity contribution in [2.24, 2.45) is 12.0 Å². The number of benzene rings is 1. The lowest BCUT2D eigenvalue weighted by Crippen LogP contribution is -2.59. The molecule has 1 aromatic heterocycles. The summed E-state index contributed by atoms with van der Waals surface area (Å²) >= 11 is 0. The molecule has 0 radical (unpaired) electrons. The molecule has 0 amide bonds. The molecular formula is C31H53N7. The van der Waals surface area contributed by atoms with E-state index in [1.807, 2.05) is 13.8 Å². The lowest BCUT2D eigenvalue weighted by atomic mass is 10.1. The number of aliphatic imine (C=N–C) groups is 1. The first-order chi connectivity index (χ1) is 18.0. The molecule has 1 aromatic carbocycles. The summed E-state index contributed by atoms with van der Waals surface area (Å²) in [5, 5.41) is 8.75. The summed E-state index contributed by atoms with van der Waals surface area (Å²) in [4.78, 5) is 12.3. The van der Waals surface area contributed by atoms with E-state index in [1.165, 1.54) is 22.0 Å². The summed E-state index contributed by atoms with van der Waals surface area (Å²) < 4.78 is 2.25. The third kappa shape index (κ3) is 9.09. The first kappa shape index (κ1) is 31.8. The zero-order chi connectivity index (χ0) is 26.6. The van der Waals surface area contributed by atoms with Gasteiger partial charge in [0, 0.05) is 82.1 Å². The number of rotatable bonds is 9. The molecule has 0 bridgehead atoms. The molecule has 1 unspecified atom stereocenters. The summed E-state index contributed by atoms with van der Waals surface area (Å²) in [6.07, 6.45) is 9.95. The number of piperazine rings is 1. The molecule has 7 heteroatoms. The Bertz CT molecular complexity index is 1040. The maximum atomic E-state index is 4.93. The Labute approximate surface area is 232 Å². The van der Waals surface area contributed by atoms with Crippen LogP contribution in [-0.2, 0) is 13.6 Å². The molecule has 2 N–H and O–H groups in total. The van der Waals surface area contributed by atoms with E-state index < -0.39 is 0 Å². The van der Waals surface area contributed by atoms with Crippen LogP contribution in [0.4, 0.5) is 0 Å². The molecular weight excluding hydrogens is 470 g/mol. The number of nitrogens with zero attached hydrogens (tertiary/aromatic N) is 5. The average molecular weight is 524 g/mol. The van der Waals surface area contributed by atoms with Crippen LogP contribution >= 0.6 is 0 Å². The van der Waals surface area contributed by atoms with Crippen molar-refractivity contribution in [3.05, 3.63) is 59.8 Å². The standard InChI is InChI=1S/C28H43N7.C2H6.CH4/c1-5-6-10-23-19-30-27(31-28(23)29-13-9-14-32(2)3)22-35-17-15-34(16-18-35)21-24-20-33(4)26-12-8-7-11-25(24)26;1-2;/h5-8,10-12,20,27,30H,9,13-19,21-22H2,1-4H3,(H,29,31);1-2H3;1H4/b6-5-,23-10+;;. The van der Waals surface area contributed by atoms with Crippen molar-refractivity contribution in [3.63, 3.8) is 0 Å². The Morgan fingerprint density at radius 2 is 1.79 bits per heavy atom. The molecule has 2 aromatic rings. The first-order valence-corrected chi connectivity index (χ1v) is 14.0. The highest BCUT2D eigenvalue weighted by Gasteiger charge is 2.25. The molecule has 212 valence electrons. The van der Waals surface area contributed by atoms with E-state index in [4.69, 9.17) is 4.99 Å². The number of para-hydroxylation sites is 1. The van der Waals surface area contributed by atoms with E-state index in [0.29, 0.717) is 0 Å². The second-order valence-electron chi connectivity index (χ2n) is 10.0. The van der Waals surface area contributed by atoms with Gasteiger partial charge in [-0.25, -0.2) is 0 Å². The number of hydrogen-bond donors (Lipinski definition) is 2. The molecule has 0 spiro atoms. The fourth-order valence-electron chi connectivity index (χ4n) is 4.99. The normalized spacial score (nSPS) is 21.1. The summed E-state index contributed by atoms with van der Waals surface area (Å²) in [5.74, 6) is 1.06. The second-order valence-corrected chi connectivity index (χ2v) is 10.0. The molecule has 4 rings (SSSR count). The fourth-order valence-corrected chi connectivity index (χ4v) is 4.99. The van der Waals surface area contributed by atoms with Gasteiger partial charge >= 0.3 is 0 Å². The number of fused-ring (bicyclic) bond motifs is 1. The zero-order valence-corrected chi connectivity index (χ0v) is 24.0. The third-order valence-electron chi connectivity index (χ3n) is 6.96. The zero-order valence-electron chi connectivity index (χ0n) is 24.0. The van der Waals surface area contributed by atoms with Crippen molar-refractivity contribution in [2.75, 3.05) is 66.5 Å². The van der Waals surface area contributed by atoms with Crippen LogP contribution in [0, 0.1) is 0 Å². The van der Waals surface area contributed by atoms with Gasteiger partial charge in [-0.2, -0.15) is 0 Å². The molecule has 7 nitrogen and oxygen atoms in total. The van der Waals surface area contributed by atoms with E-state index in [1.54, 1.807) is 0 Å². The summed E-state index contributed by atoms with van der Waals surface area (Å²) in [5.41, 5.74) is 3.99. The van der Waals surface area contributed by atoms with Gasteiger partial charge in [-0.05, 0) is 45.6 Å². The van der Waals surface area contributed by atoms with Gasteiger partial charge in [0.1, 0.15) is 5.84 Å². The number of aromatic nitrogens is 1. The highest BCUT2D eigenvalue weighted by molar-refractivity contribution is 5.99. The van der Waals surface area contributed by atoms with Crippen LogP contribution in [0.2, 0.25) is 0 Å². The van der Waals surface area contributed by atoms with Gasteiger partial charge in [0.25, 0.3) is 0 Å². The van der Waals surface area contributed by atoms with Gasteiger partial charge in [0.05, 0.1) is 6.17 Å². The maximum Gasteiger partial charge on any atom is 0.126 e. The maximum absolute atomic E-state index is 4.93. The highest BCUT2D eigenvalue weighted by atomic mass is 15.3. The molecule has 2 saturated heterocycles. The molecule has 0 saturated carbocycles. The summed E-state index contributed by atoms with van der Waals surface area (Å²) in [7, 11) is 6.38. The summed E-state index contributed by atoms with van der Waals surface area (Å²) in [6.45, 7) is 15.3. The predicted octanol–water partition coefficient (Wildman–Crippen LogP) is 4.33. The number of allylic oxidation sites excluding steroid dienone is 3. The molecule has 3 heterocycles. The second kappa shape index (κ2) is 16.5. The Morgan fingerprint density at radius 3 is 2.50 bits per heavy atom. The lowest BCUT2D eigenvalue weighted by molar-refractivity contribution is 0.116. The van der Waals surface area contributed by atoms with Crippen LogP contribution in [0.15, 0.2) is 59.3 Å².